The van der Waals surface area contributed by atoms with Crippen molar-refractivity contribution in [3.63, 3.8) is 0 Å². The maximum absolute atomic E-state index is 12.4. The van der Waals surface area contributed by atoms with Gasteiger partial charge in [-0.15, -0.1) is 11.3 Å². The highest BCUT2D eigenvalue weighted by molar-refractivity contribution is 7.16. The second-order valence-electron chi connectivity index (χ2n) is 6.44. The molecule has 0 bridgehead atoms. The van der Waals surface area contributed by atoms with E-state index in [1.165, 1.54) is 15.9 Å². The molecular weight excluding hydrogens is 312 g/mol. The Hall–Kier alpha value is -1.73. The van der Waals surface area contributed by atoms with Crippen LogP contribution in [0.15, 0.2) is 22.6 Å². The number of thiophene rings is 1. The molecule has 1 fully saturated rings. The minimum atomic E-state index is -0.0648. The Morgan fingerprint density at radius 1 is 1.43 bits per heavy atom. The van der Waals surface area contributed by atoms with E-state index in [-0.39, 0.29) is 11.5 Å². The Labute approximate surface area is 139 Å². The third-order valence-corrected chi connectivity index (χ3v) is 5.43. The van der Waals surface area contributed by atoms with Crippen molar-refractivity contribution in [1.82, 2.24) is 19.4 Å². The average molecular weight is 334 g/mol. The van der Waals surface area contributed by atoms with Crippen molar-refractivity contribution in [2.45, 2.75) is 25.9 Å². The summed E-state index contributed by atoms with van der Waals surface area (Å²) in [5.41, 5.74) is -0.0648. The molecule has 124 valence electrons. The predicted molar refractivity (Wildman–Crippen MR) is 91.7 cm³/mol. The molecule has 2 aromatic heterocycles. The molecule has 1 saturated heterocycles. The van der Waals surface area contributed by atoms with Crippen molar-refractivity contribution in [2.24, 2.45) is 5.92 Å². The van der Waals surface area contributed by atoms with Gasteiger partial charge in [-0.2, -0.15) is 0 Å². The molecule has 0 saturated carbocycles. The number of carbonyl (C=O) groups excluding carboxylic acids is 1. The van der Waals surface area contributed by atoms with Crippen molar-refractivity contribution in [2.75, 3.05) is 27.2 Å². The van der Waals surface area contributed by atoms with Crippen molar-refractivity contribution in [3.05, 3.63) is 28.1 Å². The standard InChI is InChI=1S/C16H22N4O2S/c1-11-8-20(9-13(11)18(2)3)14(21)4-6-19-10-17-15-12(16(19)22)5-7-23-15/h5,7,10-11,13H,4,6,8-9H2,1-3H3. The van der Waals surface area contributed by atoms with Gasteiger partial charge in [-0.1, -0.05) is 6.92 Å². The molecule has 2 atom stereocenters. The van der Waals surface area contributed by atoms with Gasteiger partial charge in [0, 0.05) is 32.1 Å². The van der Waals surface area contributed by atoms with Crippen LogP contribution in [0.3, 0.4) is 0 Å². The van der Waals surface area contributed by atoms with Crippen molar-refractivity contribution >= 4 is 27.5 Å². The zero-order valence-electron chi connectivity index (χ0n) is 13.7. The van der Waals surface area contributed by atoms with E-state index in [1.54, 1.807) is 12.4 Å². The molecule has 6 nitrogen and oxygen atoms in total. The highest BCUT2D eigenvalue weighted by atomic mass is 32.1. The smallest absolute Gasteiger partial charge is 0.262 e. The van der Waals surface area contributed by atoms with Crippen LogP contribution in [0.5, 0.6) is 0 Å². The average Bonchev–Trinajstić information content (AvgIpc) is 3.13. The van der Waals surface area contributed by atoms with Crippen LogP contribution < -0.4 is 5.56 Å². The topological polar surface area (TPSA) is 58.4 Å². The fraction of sp³-hybridized carbons (Fsp3) is 0.562. The van der Waals surface area contributed by atoms with Crippen molar-refractivity contribution in [3.8, 4) is 0 Å². The molecule has 23 heavy (non-hydrogen) atoms. The van der Waals surface area contributed by atoms with Gasteiger partial charge >= 0.3 is 0 Å². The summed E-state index contributed by atoms with van der Waals surface area (Å²) in [5.74, 6) is 0.582. The number of likely N-dealkylation sites (N-methyl/N-ethyl adjacent to an activating group) is 1. The second-order valence-corrected chi connectivity index (χ2v) is 7.33. The number of likely N-dealkylation sites (tertiary alicyclic amines) is 1. The van der Waals surface area contributed by atoms with Gasteiger partial charge in [0.25, 0.3) is 5.56 Å². The molecule has 3 rings (SSSR count). The largest absolute Gasteiger partial charge is 0.341 e. The summed E-state index contributed by atoms with van der Waals surface area (Å²) >= 11 is 1.45. The monoisotopic (exact) mass is 334 g/mol. The molecule has 7 heteroatoms. The first-order valence-electron chi connectivity index (χ1n) is 7.84. The summed E-state index contributed by atoms with van der Waals surface area (Å²) in [6.07, 6.45) is 1.88. The lowest BCUT2D eigenvalue weighted by Gasteiger charge is -2.22. The maximum Gasteiger partial charge on any atom is 0.262 e. The first-order chi connectivity index (χ1) is 11.0. The molecule has 0 N–H and O–H groups in total. The molecular formula is C16H22N4O2S. The summed E-state index contributed by atoms with van der Waals surface area (Å²) in [6, 6.07) is 2.20. The number of aromatic nitrogens is 2. The van der Waals surface area contributed by atoms with E-state index < -0.39 is 0 Å². The van der Waals surface area contributed by atoms with Crippen LogP contribution in [0.4, 0.5) is 0 Å². The number of carbonyl (C=O) groups is 1. The highest BCUT2D eigenvalue weighted by Gasteiger charge is 2.33. The van der Waals surface area contributed by atoms with Crippen molar-refractivity contribution in [1.29, 1.82) is 0 Å². The molecule has 2 unspecified atom stereocenters. The SMILES string of the molecule is CC1CN(C(=O)CCn2cnc3sccc3c2=O)CC1N(C)C. The zero-order chi connectivity index (χ0) is 16.6. The van der Waals surface area contributed by atoms with Gasteiger partial charge in [0.2, 0.25) is 5.91 Å². The number of fused-ring (bicyclic) bond motifs is 1. The Balaban J connectivity index is 1.65. The zero-order valence-corrected chi connectivity index (χ0v) is 14.5. The first kappa shape index (κ1) is 16.1. The Kier molecular flexibility index (Phi) is 4.50. The molecule has 0 spiro atoms. The molecule has 3 heterocycles. The van der Waals surface area contributed by atoms with Gasteiger partial charge in [-0.25, -0.2) is 4.98 Å². The Bertz CT molecular complexity index is 767. The minimum Gasteiger partial charge on any atom is -0.341 e. The summed E-state index contributed by atoms with van der Waals surface area (Å²) in [5, 5.41) is 2.49. The molecule has 0 aliphatic carbocycles. The number of nitrogens with zero attached hydrogens (tertiary/aromatic N) is 4. The number of aryl methyl sites for hydroxylation is 1. The lowest BCUT2D eigenvalue weighted by atomic mass is 10.1. The minimum absolute atomic E-state index is 0.0648. The van der Waals surface area contributed by atoms with E-state index in [0.717, 1.165) is 17.9 Å². The van der Waals surface area contributed by atoms with Crippen LogP contribution in [0.2, 0.25) is 0 Å². The third kappa shape index (κ3) is 3.16. The summed E-state index contributed by atoms with van der Waals surface area (Å²) in [7, 11) is 4.10. The molecule has 1 aliphatic heterocycles. The third-order valence-electron chi connectivity index (χ3n) is 4.61. The highest BCUT2D eigenvalue weighted by Crippen LogP contribution is 2.20. The van der Waals surface area contributed by atoms with Gasteiger partial charge in [0.05, 0.1) is 11.7 Å². The number of amides is 1. The van der Waals surface area contributed by atoms with Gasteiger partial charge in [0.15, 0.2) is 0 Å². The van der Waals surface area contributed by atoms with Gasteiger partial charge < -0.3 is 9.80 Å². The number of hydrogen-bond donors (Lipinski definition) is 0. The quantitative estimate of drug-likeness (QED) is 0.844. The van der Waals surface area contributed by atoms with E-state index in [1.807, 2.05) is 10.3 Å². The van der Waals surface area contributed by atoms with Gasteiger partial charge in [-0.3, -0.25) is 14.2 Å². The van der Waals surface area contributed by atoms with Crippen LogP contribution in [-0.4, -0.2) is 58.5 Å². The summed E-state index contributed by atoms with van der Waals surface area (Å²) in [4.78, 5) is 33.9. The van der Waals surface area contributed by atoms with E-state index in [0.29, 0.717) is 30.3 Å². The fourth-order valence-corrected chi connectivity index (χ4v) is 3.98. The fourth-order valence-electron chi connectivity index (χ4n) is 3.25. The lowest BCUT2D eigenvalue weighted by molar-refractivity contribution is -0.130. The molecule has 1 aliphatic rings. The Morgan fingerprint density at radius 2 is 2.22 bits per heavy atom. The maximum atomic E-state index is 12.4. The Morgan fingerprint density at radius 3 is 2.91 bits per heavy atom. The normalized spacial score (nSPS) is 21.5. The van der Waals surface area contributed by atoms with Gasteiger partial charge in [-0.05, 0) is 31.5 Å². The molecule has 0 aromatic carbocycles. The van der Waals surface area contributed by atoms with E-state index in [4.69, 9.17) is 0 Å². The second kappa shape index (κ2) is 6.41. The summed E-state index contributed by atoms with van der Waals surface area (Å²) < 4.78 is 1.54. The van der Waals surface area contributed by atoms with Crippen molar-refractivity contribution < 1.29 is 4.79 Å². The van der Waals surface area contributed by atoms with E-state index in [2.05, 4.69) is 30.9 Å². The van der Waals surface area contributed by atoms with Crippen LogP contribution in [0, 0.1) is 5.92 Å². The van der Waals surface area contributed by atoms with Crippen LogP contribution >= 0.6 is 11.3 Å². The van der Waals surface area contributed by atoms with Gasteiger partial charge in [0.1, 0.15) is 4.83 Å². The molecule has 1 amide bonds. The molecule has 2 aromatic rings. The lowest BCUT2D eigenvalue weighted by Crippen LogP contribution is -2.36. The number of hydrogen-bond acceptors (Lipinski definition) is 5. The van der Waals surface area contributed by atoms with Crippen LogP contribution in [-0.2, 0) is 11.3 Å². The predicted octanol–water partition coefficient (Wildman–Crippen LogP) is 1.26. The summed E-state index contributed by atoms with van der Waals surface area (Å²) in [6.45, 7) is 4.12. The van der Waals surface area contributed by atoms with Crippen LogP contribution in [0.25, 0.3) is 10.2 Å². The van der Waals surface area contributed by atoms with E-state index in [9.17, 15) is 9.59 Å². The van der Waals surface area contributed by atoms with Crippen LogP contribution in [0.1, 0.15) is 13.3 Å². The first-order valence-corrected chi connectivity index (χ1v) is 8.72. The number of rotatable bonds is 4. The molecule has 0 radical (unpaired) electrons. The van der Waals surface area contributed by atoms with E-state index >= 15 is 0 Å².